The second-order valence-electron chi connectivity index (χ2n) is 3.23. The number of nitrogens with zero attached hydrogens (tertiary/aromatic N) is 4. The highest BCUT2D eigenvalue weighted by molar-refractivity contribution is 5.63. The molecule has 7 nitrogen and oxygen atoms in total. The Hall–Kier alpha value is -2.70. The summed E-state index contributed by atoms with van der Waals surface area (Å²) in [5, 5.41) is 3.81. The monoisotopic (exact) mass is 229 g/mol. The molecule has 0 saturated carbocycles. The molecular weight excluding hydrogens is 222 g/mol. The van der Waals surface area contributed by atoms with Crippen molar-refractivity contribution in [2.45, 2.75) is 0 Å². The molecule has 0 spiro atoms. The van der Waals surface area contributed by atoms with E-state index < -0.39 is 0 Å². The normalized spacial score (nSPS) is 10.6. The van der Waals surface area contributed by atoms with Gasteiger partial charge in [0, 0.05) is 12.4 Å². The van der Waals surface area contributed by atoms with Gasteiger partial charge in [-0.15, -0.1) is 0 Å². The average Bonchev–Trinajstić information content (AvgIpc) is 3.00. The van der Waals surface area contributed by atoms with Crippen LogP contribution in [0.3, 0.4) is 0 Å². The molecule has 0 aliphatic rings. The Morgan fingerprint density at radius 2 is 2.06 bits per heavy atom. The van der Waals surface area contributed by atoms with E-state index in [1.807, 2.05) is 0 Å². The third-order valence-corrected chi connectivity index (χ3v) is 2.13. The van der Waals surface area contributed by atoms with Crippen LogP contribution in [0, 0.1) is 0 Å². The number of nitrogens with two attached hydrogens (primary N) is 1. The van der Waals surface area contributed by atoms with Crippen molar-refractivity contribution in [3.05, 3.63) is 31.0 Å². The van der Waals surface area contributed by atoms with Crippen molar-refractivity contribution in [1.29, 1.82) is 0 Å². The zero-order valence-electron chi connectivity index (χ0n) is 8.57. The minimum absolute atomic E-state index is 0.229. The van der Waals surface area contributed by atoms with Crippen LogP contribution in [0.1, 0.15) is 0 Å². The molecule has 3 aromatic rings. The molecule has 84 valence electrons. The number of nitrogen functional groups attached to an aromatic ring is 1. The molecule has 0 amide bonds. The number of hydrogen-bond donors (Lipinski definition) is 1. The molecule has 0 aliphatic carbocycles. The second-order valence-corrected chi connectivity index (χ2v) is 3.23. The van der Waals surface area contributed by atoms with E-state index in [1.54, 1.807) is 6.07 Å². The van der Waals surface area contributed by atoms with E-state index in [-0.39, 0.29) is 11.7 Å². The molecule has 0 bridgehead atoms. The molecule has 0 fully saturated rings. The highest BCUT2D eigenvalue weighted by Crippen LogP contribution is 2.23. The first-order valence-corrected chi connectivity index (χ1v) is 4.78. The van der Waals surface area contributed by atoms with Gasteiger partial charge in [0.15, 0.2) is 11.5 Å². The van der Waals surface area contributed by atoms with Crippen molar-refractivity contribution in [1.82, 2.24) is 20.1 Å². The first kappa shape index (κ1) is 9.52. The summed E-state index contributed by atoms with van der Waals surface area (Å²) in [5.41, 5.74) is 6.76. The lowest BCUT2D eigenvalue weighted by Crippen LogP contribution is -1.95. The summed E-state index contributed by atoms with van der Waals surface area (Å²) in [7, 11) is 0. The number of hydrogen-bond acceptors (Lipinski definition) is 7. The van der Waals surface area contributed by atoms with E-state index in [0.29, 0.717) is 11.5 Å². The SMILES string of the molecule is Nc1nccnc1-c1nc(-c2ccoc2)no1. The molecule has 0 radical (unpaired) electrons. The second kappa shape index (κ2) is 3.71. The Labute approximate surface area is 95.3 Å². The lowest BCUT2D eigenvalue weighted by Gasteiger charge is -1.95. The van der Waals surface area contributed by atoms with Crippen LogP contribution < -0.4 is 5.73 Å². The van der Waals surface area contributed by atoms with E-state index in [4.69, 9.17) is 14.7 Å². The van der Waals surface area contributed by atoms with Crippen LogP contribution >= 0.6 is 0 Å². The van der Waals surface area contributed by atoms with Gasteiger partial charge >= 0.3 is 0 Å². The van der Waals surface area contributed by atoms with Gasteiger partial charge in [-0.2, -0.15) is 4.98 Å². The summed E-state index contributed by atoms with van der Waals surface area (Å²) in [6.07, 6.45) is 6.05. The van der Waals surface area contributed by atoms with Crippen molar-refractivity contribution in [2.75, 3.05) is 5.73 Å². The van der Waals surface area contributed by atoms with Crippen LogP contribution in [0.15, 0.2) is 39.9 Å². The van der Waals surface area contributed by atoms with Crippen LogP contribution in [0.5, 0.6) is 0 Å². The molecule has 3 heterocycles. The highest BCUT2D eigenvalue weighted by atomic mass is 16.5. The van der Waals surface area contributed by atoms with Crippen molar-refractivity contribution in [3.8, 4) is 23.0 Å². The molecular formula is C10H7N5O2. The zero-order chi connectivity index (χ0) is 11.7. The predicted molar refractivity (Wildman–Crippen MR) is 57.4 cm³/mol. The van der Waals surface area contributed by atoms with Gasteiger partial charge in [-0.05, 0) is 6.07 Å². The quantitative estimate of drug-likeness (QED) is 0.707. The van der Waals surface area contributed by atoms with Crippen molar-refractivity contribution < 1.29 is 8.94 Å². The standard InChI is InChI=1S/C10H7N5O2/c11-8-7(12-2-3-13-8)10-14-9(15-17-10)6-1-4-16-5-6/h1-5H,(H2,11,13). The summed E-state index contributed by atoms with van der Waals surface area (Å²) in [4.78, 5) is 12.1. The Morgan fingerprint density at radius 1 is 1.18 bits per heavy atom. The van der Waals surface area contributed by atoms with Gasteiger partial charge in [-0.1, -0.05) is 5.16 Å². The average molecular weight is 229 g/mol. The smallest absolute Gasteiger partial charge is 0.280 e. The Kier molecular flexibility index (Phi) is 2.08. The maximum Gasteiger partial charge on any atom is 0.280 e. The van der Waals surface area contributed by atoms with Crippen molar-refractivity contribution >= 4 is 5.82 Å². The summed E-state index contributed by atoms with van der Waals surface area (Å²) in [6, 6.07) is 1.73. The van der Waals surface area contributed by atoms with Gasteiger partial charge in [-0.3, -0.25) is 0 Å². The fourth-order valence-electron chi connectivity index (χ4n) is 1.34. The Balaban J connectivity index is 2.04. The van der Waals surface area contributed by atoms with E-state index in [0.717, 1.165) is 5.56 Å². The summed E-state index contributed by atoms with van der Waals surface area (Å²) in [6.45, 7) is 0. The molecule has 0 saturated heterocycles. The molecule has 0 aromatic carbocycles. The van der Waals surface area contributed by atoms with Crippen molar-refractivity contribution in [3.63, 3.8) is 0 Å². The van der Waals surface area contributed by atoms with Crippen LogP contribution in [0.4, 0.5) is 5.82 Å². The highest BCUT2D eigenvalue weighted by Gasteiger charge is 2.15. The Morgan fingerprint density at radius 3 is 2.82 bits per heavy atom. The van der Waals surface area contributed by atoms with Crippen LogP contribution in [-0.2, 0) is 0 Å². The van der Waals surface area contributed by atoms with E-state index in [9.17, 15) is 0 Å². The third-order valence-electron chi connectivity index (χ3n) is 2.13. The molecule has 3 aromatic heterocycles. The molecule has 0 atom stereocenters. The number of rotatable bonds is 2. The lowest BCUT2D eigenvalue weighted by molar-refractivity contribution is 0.431. The largest absolute Gasteiger partial charge is 0.472 e. The topological polar surface area (TPSA) is 104 Å². The Bertz CT molecular complexity index is 632. The predicted octanol–water partition coefficient (Wildman–Crippen LogP) is 1.37. The maximum atomic E-state index is 5.66. The van der Waals surface area contributed by atoms with Gasteiger partial charge in [0.1, 0.15) is 6.26 Å². The molecule has 0 aliphatic heterocycles. The van der Waals surface area contributed by atoms with Gasteiger partial charge in [0.25, 0.3) is 5.89 Å². The number of furan rings is 1. The molecule has 3 rings (SSSR count). The van der Waals surface area contributed by atoms with Gasteiger partial charge in [0.05, 0.1) is 11.8 Å². The molecule has 7 heteroatoms. The van der Waals surface area contributed by atoms with Gasteiger partial charge in [-0.25, -0.2) is 9.97 Å². The minimum atomic E-state index is 0.229. The summed E-state index contributed by atoms with van der Waals surface area (Å²) >= 11 is 0. The first-order chi connectivity index (χ1) is 8.34. The number of aromatic nitrogens is 4. The first-order valence-electron chi connectivity index (χ1n) is 4.78. The van der Waals surface area contributed by atoms with Gasteiger partial charge < -0.3 is 14.7 Å². The van der Waals surface area contributed by atoms with Crippen LogP contribution in [-0.4, -0.2) is 20.1 Å². The molecule has 2 N–H and O–H groups in total. The maximum absolute atomic E-state index is 5.66. The zero-order valence-corrected chi connectivity index (χ0v) is 8.57. The van der Waals surface area contributed by atoms with Crippen molar-refractivity contribution in [2.24, 2.45) is 0 Å². The van der Waals surface area contributed by atoms with Gasteiger partial charge in [0.2, 0.25) is 5.82 Å². The molecule has 17 heavy (non-hydrogen) atoms. The third kappa shape index (κ3) is 1.63. The summed E-state index contributed by atoms with van der Waals surface area (Å²) in [5.74, 6) is 0.889. The summed E-state index contributed by atoms with van der Waals surface area (Å²) < 4.78 is 10.0. The van der Waals surface area contributed by atoms with E-state index in [2.05, 4.69) is 20.1 Å². The van der Waals surface area contributed by atoms with Crippen LogP contribution in [0.2, 0.25) is 0 Å². The lowest BCUT2D eigenvalue weighted by atomic mass is 10.3. The number of anilines is 1. The minimum Gasteiger partial charge on any atom is -0.472 e. The fraction of sp³-hybridized carbons (Fsp3) is 0. The molecule has 0 unspecified atom stereocenters. The fourth-order valence-corrected chi connectivity index (χ4v) is 1.34. The van der Waals surface area contributed by atoms with Crippen LogP contribution in [0.25, 0.3) is 23.0 Å². The van der Waals surface area contributed by atoms with E-state index >= 15 is 0 Å². The van der Waals surface area contributed by atoms with E-state index in [1.165, 1.54) is 24.9 Å².